The van der Waals surface area contributed by atoms with Gasteiger partial charge in [0.1, 0.15) is 0 Å². The van der Waals surface area contributed by atoms with Crippen molar-refractivity contribution in [2.45, 2.75) is 18.9 Å². The van der Waals surface area contributed by atoms with Crippen molar-refractivity contribution in [3.8, 4) is 0 Å². The minimum Gasteiger partial charge on any atom is -0.313 e. The van der Waals surface area contributed by atoms with Crippen LogP contribution >= 0.6 is 25.3 Å². The second kappa shape index (κ2) is 5.80. The van der Waals surface area contributed by atoms with E-state index in [1.54, 1.807) is 0 Å². The average Bonchev–Trinajstić information content (AvgIpc) is 2.85. The summed E-state index contributed by atoms with van der Waals surface area (Å²) >= 11 is 8.67. The van der Waals surface area contributed by atoms with Crippen LogP contribution in [0.2, 0.25) is 0 Å². The molecular formula is C11H22N2S2. The summed E-state index contributed by atoms with van der Waals surface area (Å²) in [6, 6.07) is 0.664. The Balaban J connectivity index is 1.76. The topological polar surface area (TPSA) is 15.3 Å². The lowest BCUT2D eigenvalue weighted by molar-refractivity contribution is 0.307. The lowest BCUT2D eigenvalue weighted by Gasteiger charge is -2.18. The van der Waals surface area contributed by atoms with Gasteiger partial charge in [0.2, 0.25) is 0 Å². The van der Waals surface area contributed by atoms with E-state index in [4.69, 9.17) is 0 Å². The van der Waals surface area contributed by atoms with Crippen molar-refractivity contribution < 1.29 is 0 Å². The molecule has 0 aromatic carbocycles. The summed E-state index contributed by atoms with van der Waals surface area (Å²) < 4.78 is 0. The third-order valence-corrected chi connectivity index (χ3v) is 4.51. The fourth-order valence-corrected chi connectivity index (χ4v) is 3.50. The molecule has 0 saturated carbocycles. The van der Waals surface area contributed by atoms with Crippen molar-refractivity contribution in [2.75, 3.05) is 37.7 Å². The Kier molecular flexibility index (Phi) is 4.68. The highest BCUT2D eigenvalue weighted by molar-refractivity contribution is 7.80. The zero-order valence-electron chi connectivity index (χ0n) is 9.23. The van der Waals surface area contributed by atoms with Crippen molar-refractivity contribution in [2.24, 2.45) is 11.8 Å². The van der Waals surface area contributed by atoms with Crippen LogP contribution < -0.4 is 5.32 Å². The molecule has 2 fully saturated rings. The molecule has 2 unspecified atom stereocenters. The van der Waals surface area contributed by atoms with Crippen LogP contribution in [0.5, 0.6) is 0 Å². The Morgan fingerprint density at radius 3 is 2.80 bits per heavy atom. The monoisotopic (exact) mass is 246 g/mol. The van der Waals surface area contributed by atoms with Crippen LogP contribution in [0.25, 0.3) is 0 Å². The first-order valence-electron chi connectivity index (χ1n) is 6.01. The van der Waals surface area contributed by atoms with Crippen molar-refractivity contribution in [3.05, 3.63) is 0 Å². The second-order valence-corrected chi connectivity index (χ2v) is 5.67. The fourth-order valence-electron chi connectivity index (χ4n) is 2.94. The Labute approximate surface area is 104 Å². The van der Waals surface area contributed by atoms with E-state index in [1.807, 2.05) is 0 Å². The number of rotatable bonds is 4. The largest absolute Gasteiger partial charge is 0.313 e. The molecule has 0 aromatic heterocycles. The molecule has 0 spiro atoms. The number of nitrogens with zero attached hydrogens (tertiary/aromatic N) is 1. The summed E-state index contributed by atoms with van der Waals surface area (Å²) in [6.45, 7) is 4.96. The molecule has 2 saturated heterocycles. The molecule has 0 aliphatic carbocycles. The molecule has 0 amide bonds. The van der Waals surface area contributed by atoms with E-state index in [0.717, 1.165) is 29.9 Å². The molecule has 1 N–H and O–H groups in total. The smallest absolute Gasteiger partial charge is 0.0159 e. The summed E-state index contributed by atoms with van der Waals surface area (Å²) in [7, 11) is 0. The van der Waals surface area contributed by atoms with E-state index >= 15 is 0 Å². The number of hydrogen-bond acceptors (Lipinski definition) is 4. The molecule has 4 heteroatoms. The lowest BCUT2D eigenvalue weighted by Crippen LogP contribution is -2.25. The average molecular weight is 246 g/mol. The van der Waals surface area contributed by atoms with Crippen LogP contribution in [0.4, 0.5) is 0 Å². The Morgan fingerprint density at radius 1 is 1.27 bits per heavy atom. The van der Waals surface area contributed by atoms with Gasteiger partial charge in [0, 0.05) is 30.6 Å². The van der Waals surface area contributed by atoms with Gasteiger partial charge >= 0.3 is 0 Å². The molecule has 2 heterocycles. The van der Waals surface area contributed by atoms with E-state index in [1.165, 1.54) is 32.5 Å². The van der Waals surface area contributed by atoms with Gasteiger partial charge in [-0.15, -0.1) is 0 Å². The zero-order chi connectivity index (χ0) is 10.7. The minimum absolute atomic E-state index is 0.664. The van der Waals surface area contributed by atoms with Crippen molar-refractivity contribution in [1.29, 1.82) is 0 Å². The van der Waals surface area contributed by atoms with Crippen LogP contribution in [0.3, 0.4) is 0 Å². The molecule has 2 rings (SSSR count). The summed E-state index contributed by atoms with van der Waals surface area (Å²) in [6.07, 6.45) is 2.72. The first-order chi connectivity index (χ1) is 7.33. The molecule has 15 heavy (non-hydrogen) atoms. The van der Waals surface area contributed by atoms with Crippen LogP contribution in [-0.2, 0) is 0 Å². The third kappa shape index (κ3) is 3.05. The molecule has 2 aliphatic heterocycles. The fraction of sp³-hybridized carbons (Fsp3) is 1.00. The maximum Gasteiger partial charge on any atom is 0.0159 e. The van der Waals surface area contributed by atoms with Gasteiger partial charge in [-0.3, -0.25) is 0 Å². The number of thiol groups is 2. The highest BCUT2D eigenvalue weighted by Gasteiger charge is 2.33. The summed E-state index contributed by atoms with van der Waals surface area (Å²) in [4.78, 5) is 2.56. The van der Waals surface area contributed by atoms with E-state index in [0.29, 0.717) is 6.04 Å². The summed E-state index contributed by atoms with van der Waals surface area (Å²) in [5, 5.41) is 3.57. The van der Waals surface area contributed by atoms with Gasteiger partial charge in [-0.25, -0.2) is 0 Å². The maximum absolute atomic E-state index is 4.37. The van der Waals surface area contributed by atoms with Gasteiger partial charge in [-0.05, 0) is 37.8 Å². The summed E-state index contributed by atoms with van der Waals surface area (Å²) in [5.41, 5.74) is 0. The SMILES string of the molecule is SCCN1CCC(C2CN[C@@H](CS)C2)C1. The zero-order valence-corrected chi connectivity index (χ0v) is 11.0. The van der Waals surface area contributed by atoms with Gasteiger partial charge < -0.3 is 10.2 Å². The second-order valence-electron chi connectivity index (χ2n) is 4.86. The predicted octanol–water partition coefficient (Wildman–Crippen LogP) is 1.15. The van der Waals surface area contributed by atoms with Gasteiger partial charge in [0.25, 0.3) is 0 Å². The first kappa shape index (κ1) is 12.1. The normalized spacial score (nSPS) is 37.6. The Bertz CT molecular complexity index is 201. The highest BCUT2D eigenvalue weighted by atomic mass is 32.1. The van der Waals surface area contributed by atoms with Crippen molar-refractivity contribution in [1.82, 2.24) is 10.2 Å². The summed E-state index contributed by atoms with van der Waals surface area (Å²) in [5.74, 6) is 3.80. The molecule has 0 aromatic rings. The maximum atomic E-state index is 4.37. The number of hydrogen-bond donors (Lipinski definition) is 3. The first-order valence-corrected chi connectivity index (χ1v) is 7.27. The third-order valence-electron chi connectivity index (χ3n) is 3.87. The van der Waals surface area contributed by atoms with Crippen molar-refractivity contribution in [3.63, 3.8) is 0 Å². The van der Waals surface area contributed by atoms with E-state index < -0.39 is 0 Å². The van der Waals surface area contributed by atoms with Gasteiger partial charge in [0.05, 0.1) is 0 Å². The van der Waals surface area contributed by atoms with E-state index in [2.05, 4.69) is 35.5 Å². The number of nitrogens with one attached hydrogen (secondary N) is 1. The van der Waals surface area contributed by atoms with Crippen LogP contribution in [-0.4, -0.2) is 48.6 Å². The predicted molar refractivity (Wildman–Crippen MR) is 72.2 cm³/mol. The Morgan fingerprint density at radius 2 is 2.13 bits per heavy atom. The molecule has 0 radical (unpaired) electrons. The van der Waals surface area contributed by atoms with Crippen LogP contribution in [0.15, 0.2) is 0 Å². The highest BCUT2D eigenvalue weighted by Crippen LogP contribution is 2.30. The molecule has 0 bridgehead atoms. The molecule has 2 aliphatic rings. The lowest BCUT2D eigenvalue weighted by atomic mass is 9.90. The van der Waals surface area contributed by atoms with Gasteiger partial charge in [-0.1, -0.05) is 0 Å². The molecule has 3 atom stereocenters. The van der Waals surface area contributed by atoms with Crippen LogP contribution in [0.1, 0.15) is 12.8 Å². The van der Waals surface area contributed by atoms with Gasteiger partial charge in [-0.2, -0.15) is 25.3 Å². The van der Waals surface area contributed by atoms with Gasteiger partial charge in [0.15, 0.2) is 0 Å². The molecule has 2 nitrogen and oxygen atoms in total. The molecule has 88 valence electrons. The quantitative estimate of drug-likeness (QED) is 0.645. The van der Waals surface area contributed by atoms with Crippen LogP contribution in [0, 0.1) is 11.8 Å². The molecular weight excluding hydrogens is 224 g/mol. The van der Waals surface area contributed by atoms with E-state index in [9.17, 15) is 0 Å². The Hall–Kier alpha value is 0.620. The number of likely N-dealkylation sites (tertiary alicyclic amines) is 1. The minimum atomic E-state index is 0.664. The van der Waals surface area contributed by atoms with E-state index in [-0.39, 0.29) is 0 Å². The standard InChI is InChI=1S/C11H22N2S2/c14-4-3-13-2-1-9(7-13)10-5-11(8-15)12-6-10/h9-12,14-15H,1-8H2/t9?,10?,11-/m1/s1. The van der Waals surface area contributed by atoms with Crippen molar-refractivity contribution >= 4 is 25.3 Å².